The molecule has 1 aromatic rings. The van der Waals surface area contributed by atoms with Crippen molar-refractivity contribution in [1.29, 1.82) is 0 Å². The summed E-state index contributed by atoms with van der Waals surface area (Å²) in [6.45, 7) is 4.13. The third-order valence-corrected chi connectivity index (χ3v) is 4.21. The molecule has 1 saturated heterocycles. The second-order valence-corrected chi connectivity index (χ2v) is 5.77. The van der Waals surface area contributed by atoms with Gasteiger partial charge in [0.05, 0.1) is 13.2 Å². The second-order valence-electron chi connectivity index (χ2n) is 5.77. The van der Waals surface area contributed by atoms with Crippen molar-refractivity contribution in [3.8, 4) is 0 Å². The average molecular weight is 309 g/mol. The van der Waals surface area contributed by atoms with E-state index in [-0.39, 0.29) is 17.9 Å². The zero-order chi connectivity index (χ0) is 15.4. The van der Waals surface area contributed by atoms with E-state index in [2.05, 4.69) is 20.8 Å². The van der Waals surface area contributed by atoms with Gasteiger partial charge in [-0.15, -0.1) is 10.2 Å². The molecule has 2 amide bonds. The van der Waals surface area contributed by atoms with E-state index in [1.165, 1.54) is 0 Å². The number of urea groups is 1. The van der Waals surface area contributed by atoms with Crippen LogP contribution in [-0.4, -0.2) is 45.8 Å². The summed E-state index contributed by atoms with van der Waals surface area (Å²) in [5.41, 5.74) is 0. The molecule has 0 radical (unpaired) electrons. The molecule has 1 saturated carbocycles. The fourth-order valence-electron chi connectivity index (χ4n) is 3.00. The number of carbonyl (C=O) groups is 1. The number of ether oxygens (including phenoxy) is 2. The molecule has 1 aromatic heterocycles. The largest absolute Gasteiger partial charge is 0.347 e. The van der Waals surface area contributed by atoms with Crippen LogP contribution in [-0.2, 0) is 22.6 Å². The predicted octanol–water partition coefficient (Wildman–Crippen LogP) is 0.783. The Morgan fingerprint density at radius 3 is 3.05 bits per heavy atom. The molecule has 1 spiro atoms. The SMILES string of the molecule is CCn1cnnc1CNC(=O)NCC1COC2(CCCC2)O1. The van der Waals surface area contributed by atoms with Gasteiger partial charge in [0.25, 0.3) is 0 Å². The number of nitrogens with one attached hydrogen (secondary N) is 2. The molecule has 2 N–H and O–H groups in total. The Balaban J connectivity index is 1.38. The maximum absolute atomic E-state index is 11.8. The highest BCUT2D eigenvalue weighted by molar-refractivity contribution is 5.73. The summed E-state index contributed by atoms with van der Waals surface area (Å²) < 4.78 is 13.6. The van der Waals surface area contributed by atoms with Gasteiger partial charge in [-0.05, 0) is 19.8 Å². The van der Waals surface area contributed by atoms with Crippen LogP contribution in [0.15, 0.2) is 6.33 Å². The van der Waals surface area contributed by atoms with E-state index in [1.807, 2.05) is 11.5 Å². The summed E-state index contributed by atoms with van der Waals surface area (Å²) in [5.74, 6) is 0.364. The van der Waals surface area contributed by atoms with Crippen molar-refractivity contribution in [3.63, 3.8) is 0 Å². The van der Waals surface area contributed by atoms with Crippen molar-refractivity contribution in [1.82, 2.24) is 25.4 Å². The van der Waals surface area contributed by atoms with E-state index in [9.17, 15) is 4.79 Å². The first-order chi connectivity index (χ1) is 10.7. The number of hydrogen-bond acceptors (Lipinski definition) is 5. The van der Waals surface area contributed by atoms with Crippen LogP contribution >= 0.6 is 0 Å². The van der Waals surface area contributed by atoms with Gasteiger partial charge in [-0.2, -0.15) is 0 Å². The highest BCUT2D eigenvalue weighted by Crippen LogP contribution is 2.38. The molecule has 1 atom stereocenters. The lowest BCUT2D eigenvalue weighted by Crippen LogP contribution is -2.41. The number of aryl methyl sites for hydroxylation is 1. The number of carbonyl (C=O) groups excluding carboxylic acids is 1. The lowest BCUT2D eigenvalue weighted by atomic mass is 10.2. The Bertz CT molecular complexity index is 512. The first-order valence-corrected chi connectivity index (χ1v) is 7.91. The van der Waals surface area contributed by atoms with Gasteiger partial charge in [-0.1, -0.05) is 0 Å². The third kappa shape index (κ3) is 3.38. The average Bonchev–Trinajstić information content (AvgIpc) is 3.25. The molecule has 2 fully saturated rings. The van der Waals surface area contributed by atoms with E-state index in [0.717, 1.165) is 38.1 Å². The summed E-state index contributed by atoms with van der Waals surface area (Å²) in [4.78, 5) is 11.8. The molecular weight excluding hydrogens is 286 g/mol. The monoisotopic (exact) mass is 309 g/mol. The lowest BCUT2D eigenvalue weighted by Gasteiger charge is -2.21. The van der Waals surface area contributed by atoms with Gasteiger partial charge >= 0.3 is 6.03 Å². The van der Waals surface area contributed by atoms with E-state index < -0.39 is 0 Å². The summed E-state index contributed by atoms with van der Waals surface area (Å²) in [6.07, 6.45) is 5.81. The number of rotatable bonds is 5. The molecule has 8 heteroatoms. The first kappa shape index (κ1) is 15.2. The Morgan fingerprint density at radius 2 is 2.27 bits per heavy atom. The zero-order valence-electron chi connectivity index (χ0n) is 12.9. The van der Waals surface area contributed by atoms with Gasteiger partial charge in [0, 0.05) is 25.9 Å². The lowest BCUT2D eigenvalue weighted by molar-refractivity contribution is -0.160. The third-order valence-electron chi connectivity index (χ3n) is 4.21. The molecule has 2 heterocycles. The summed E-state index contributed by atoms with van der Waals surface area (Å²) in [7, 11) is 0. The highest BCUT2D eigenvalue weighted by atomic mass is 16.7. The summed E-state index contributed by atoms with van der Waals surface area (Å²) in [6, 6.07) is -0.235. The minimum Gasteiger partial charge on any atom is -0.347 e. The number of nitrogens with zero attached hydrogens (tertiary/aromatic N) is 3. The molecule has 0 bridgehead atoms. The van der Waals surface area contributed by atoms with Crippen LogP contribution in [0.3, 0.4) is 0 Å². The van der Waals surface area contributed by atoms with Gasteiger partial charge in [-0.25, -0.2) is 4.79 Å². The van der Waals surface area contributed by atoms with Crippen molar-refractivity contribution < 1.29 is 14.3 Å². The summed E-state index contributed by atoms with van der Waals surface area (Å²) >= 11 is 0. The first-order valence-electron chi connectivity index (χ1n) is 7.91. The van der Waals surface area contributed by atoms with E-state index >= 15 is 0 Å². The number of amides is 2. The molecule has 3 rings (SSSR count). The minimum atomic E-state index is -0.375. The van der Waals surface area contributed by atoms with Crippen LogP contribution in [0, 0.1) is 0 Å². The van der Waals surface area contributed by atoms with Gasteiger partial charge < -0.3 is 24.7 Å². The van der Waals surface area contributed by atoms with Crippen LogP contribution in [0.5, 0.6) is 0 Å². The molecular formula is C14H23N5O3. The van der Waals surface area contributed by atoms with Crippen LogP contribution < -0.4 is 10.6 Å². The highest BCUT2D eigenvalue weighted by Gasteiger charge is 2.43. The van der Waals surface area contributed by atoms with Gasteiger partial charge in [0.15, 0.2) is 11.6 Å². The Labute approximate surface area is 129 Å². The molecule has 1 aliphatic heterocycles. The van der Waals surface area contributed by atoms with E-state index in [4.69, 9.17) is 9.47 Å². The smallest absolute Gasteiger partial charge is 0.315 e. The molecule has 22 heavy (non-hydrogen) atoms. The maximum Gasteiger partial charge on any atom is 0.315 e. The van der Waals surface area contributed by atoms with Gasteiger partial charge in [-0.3, -0.25) is 0 Å². The van der Waals surface area contributed by atoms with Crippen LogP contribution in [0.4, 0.5) is 4.79 Å². The quantitative estimate of drug-likeness (QED) is 0.839. The Hall–Kier alpha value is -1.67. The van der Waals surface area contributed by atoms with Crippen molar-refractivity contribution in [3.05, 3.63) is 12.2 Å². The summed E-state index contributed by atoms with van der Waals surface area (Å²) in [5, 5.41) is 13.4. The van der Waals surface area contributed by atoms with Crippen molar-refractivity contribution in [2.45, 2.75) is 57.6 Å². The van der Waals surface area contributed by atoms with Gasteiger partial charge in [0.2, 0.25) is 0 Å². The molecule has 122 valence electrons. The van der Waals surface area contributed by atoms with Crippen LogP contribution in [0.25, 0.3) is 0 Å². The van der Waals surface area contributed by atoms with Crippen molar-refractivity contribution in [2.75, 3.05) is 13.2 Å². The fraction of sp³-hybridized carbons (Fsp3) is 0.786. The zero-order valence-corrected chi connectivity index (χ0v) is 12.9. The molecule has 2 aliphatic rings. The molecule has 8 nitrogen and oxygen atoms in total. The molecule has 0 aromatic carbocycles. The van der Waals surface area contributed by atoms with Crippen LogP contribution in [0.2, 0.25) is 0 Å². The predicted molar refractivity (Wildman–Crippen MR) is 78.0 cm³/mol. The fourth-order valence-corrected chi connectivity index (χ4v) is 3.00. The topological polar surface area (TPSA) is 90.3 Å². The van der Waals surface area contributed by atoms with Crippen molar-refractivity contribution in [2.24, 2.45) is 0 Å². The molecule has 1 aliphatic carbocycles. The van der Waals surface area contributed by atoms with Gasteiger partial charge in [0.1, 0.15) is 12.4 Å². The van der Waals surface area contributed by atoms with E-state index in [0.29, 0.717) is 19.7 Å². The number of hydrogen-bond donors (Lipinski definition) is 2. The number of aromatic nitrogens is 3. The minimum absolute atomic E-state index is 0.0665. The normalized spacial score (nSPS) is 23.0. The Morgan fingerprint density at radius 1 is 1.45 bits per heavy atom. The molecule has 1 unspecified atom stereocenters. The van der Waals surface area contributed by atoms with Crippen molar-refractivity contribution >= 4 is 6.03 Å². The maximum atomic E-state index is 11.8. The van der Waals surface area contributed by atoms with E-state index in [1.54, 1.807) is 6.33 Å². The standard InChI is InChI=1S/C14H23N5O3/c1-2-19-10-17-18-12(19)8-16-13(20)15-7-11-9-21-14(22-11)5-3-4-6-14/h10-11H,2-9H2,1H3,(H2,15,16,20). The second kappa shape index (κ2) is 6.62. The van der Waals surface area contributed by atoms with Crippen LogP contribution in [0.1, 0.15) is 38.4 Å². The Kier molecular flexibility index (Phi) is 4.58.